The topological polar surface area (TPSA) is 25.2 Å². The van der Waals surface area contributed by atoms with E-state index in [0.717, 1.165) is 10.9 Å². The lowest BCUT2D eigenvalue weighted by atomic mass is 10.1. The first kappa shape index (κ1) is 14.0. The summed E-state index contributed by atoms with van der Waals surface area (Å²) in [5.41, 5.74) is 2.19. The van der Waals surface area contributed by atoms with Gasteiger partial charge in [0.05, 0.1) is 16.2 Å². The summed E-state index contributed by atoms with van der Waals surface area (Å²) in [6.45, 7) is 0. The molecule has 0 N–H and O–H groups in total. The van der Waals surface area contributed by atoms with E-state index in [0.29, 0.717) is 21.2 Å². The summed E-state index contributed by atoms with van der Waals surface area (Å²) in [7, 11) is 0. The maximum absolute atomic E-state index is 12.9. The quantitative estimate of drug-likeness (QED) is 0.578. The fourth-order valence-corrected chi connectivity index (χ4v) is 2.60. The number of fused-ring (bicyclic) bond motifs is 1. The van der Waals surface area contributed by atoms with Gasteiger partial charge in [0, 0.05) is 28.4 Å². The molecule has 0 aliphatic rings. The molecule has 5 heteroatoms. The van der Waals surface area contributed by atoms with Gasteiger partial charge in [-0.25, -0.2) is 4.39 Å². The molecule has 0 aliphatic carbocycles. The van der Waals surface area contributed by atoms with Crippen molar-refractivity contribution in [1.82, 2.24) is 4.98 Å². The minimum atomic E-state index is -0.291. The molecular formula is C16H9Cl2FN2. The Morgan fingerprint density at radius 2 is 1.81 bits per heavy atom. The Labute approximate surface area is 130 Å². The third-order valence-electron chi connectivity index (χ3n) is 2.97. The number of hydrogen-bond donors (Lipinski definition) is 0. The zero-order valence-electron chi connectivity index (χ0n) is 10.7. The zero-order valence-corrected chi connectivity index (χ0v) is 12.2. The highest BCUT2D eigenvalue weighted by atomic mass is 35.5. The van der Waals surface area contributed by atoms with Crippen molar-refractivity contribution in [2.45, 2.75) is 0 Å². The van der Waals surface area contributed by atoms with Crippen LogP contribution in [0, 0.1) is 5.82 Å². The second-order valence-electron chi connectivity index (χ2n) is 4.42. The summed E-state index contributed by atoms with van der Waals surface area (Å²) < 4.78 is 12.9. The molecule has 0 atom stereocenters. The van der Waals surface area contributed by atoms with Crippen LogP contribution in [0.5, 0.6) is 0 Å². The summed E-state index contributed by atoms with van der Waals surface area (Å²) in [6, 6.07) is 11.2. The Morgan fingerprint density at radius 3 is 2.57 bits per heavy atom. The molecule has 104 valence electrons. The average Bonchev–Trinajstić information content (AvgIpc) is 2.46. The van der Waals surface area contributed by atoms with Crippen LogP contribution >= 0.6 is 23.2 Å². The Balaban J connectivity index is 2.06. The van der Waals surface area contributed by atoms with Gasteiger partial charge in [-0.2, -0.15) is 0 Å². The van der Waals surface area contributed by atoms with E-state index in [2.05, 4.69) is 9.98 Å². The highest BCUT2D eigenvalue weighted by molar-refractivity contribution is 6.39. The molecule has 21 heavy (non-hydrogen) atoms. The number of aliphatic imine (C=N–C) groups is 1. The van der Waals surface area contributed by atoms with Crippen molar-refractivity contribution in [3.8, 4) is 0 Å². The standard InChI is InChI=1S/C16H9Cl2FN2/c17-11-7-14(18)16-10(5-6-20-15(16)8-11)9-21-13-3-1-12(19)2-4-13/h1-9H. The van der Waals surface area contributed by atoms with Crippen LogP contribution in [0.4, 0.5) is 10.1 Å². The molecule has 1 heterocycles. The third kappa shape index (κ3) is 3.04. The van der Waals surface area contributed by atoms with E-state index in [1.807, 2.05) is 6.07 Å². The van der Waals surface area contributed by atoms with Crippen LogP contribution in [0.15, 0.2) is 53.7 Å². The second-order valence-corrected chi connectivity index (χ2v) is 5.26. The first-order valence-corrected chi connectivity index (χ1v) is 6.92. The van der Waals surface area contributed by atoms with Crippen molar-refractivity contribution < 1.29 is 4.39 Å². The van der Waals surface area contributed by atoms with Crippen molar-refractivity contribution in [3.05, 3.63) is 70.1 Å². The Kier molecular flexibility index (Phi) is 3.86. The van der Waals surface area contributed by atoms with Crippen molar-refractivity contribution in [1.29, 1.82) is 0 Å². The molecule has 0 spiro atoms. The molecule has 2 aromatic carbocycles. The van der Waals surface area contributed by atoms with Crippen molar-refractivity contribution >= 4 is 46.0 Å². The van der Waals surface area contributed by atoms with Crippen molar-refractivity contribution in [2.75, 3.05) is 0 Å². The highest BCUT2D eigenvalue weighted by Crippen LogP contribution is 2.28. The van der Waals surface area contributed by atoms with Crippen LogP contribution in [0.3, 0.4) is 0 Å². The summed E-state index contributed by atoms with van der Waals surface area (Å²) in [5, 5.41) is 1.84. The zero-order chi connectivity index (χ0) is 14.8. The first-order chi connectivity index (χ1) is 10.1. The number of halogens is 3. The molecule has 2 nitrogen and oxygen atoms in total. The van der Waals surface area contributed by atoms with Gasteiger partial charge in [-0.1, -0.05) is 23.2 Å². The Morgan fingerprint density at radius 1 is 1.05 bits per heavy atom. The number of aromatic nitrogens is 1. The lowest BCUT2D eigenvalue weighted by molar-refractivity contribution is 0.628. The smallest absolute Gasteiger partial charge is 0.123 e. The fourth-order valence-electron chi connectivity index (χ4n) is 2.01. The molecule has 0 bridgehead atoms. The summed E-state index contributed by atoms with van der Waals surface area (Å²) in [5.74, 6) is -0.291. The van der Waals surface area contributed by atoms with Gasteiger partial charge in [0.25, 0.3) is 0 Å². The molecular weight excluding hydrogens is 310 g/mol. The predicted octanol–water partition coefficient (Wildman–Crippen LogP) is 5.43. The molecule has 1 aromatic heterocycles. The maximum atomic E-state index is 12.9. The van der Waals surface area contributed by atoms with Gasteiger partial charge in [0.1, 0.15) is 5.82 Å². The summed E-state index contributed by atoms with van der Waals surface area (Å²) in [6.07, 6.45) is 3.35. The van der Waals surface area contributed by atoms with E-state index in [-0.39, 0.29) is 5.82 Å². The highest BCUT2D eigenvalue weighted by Gasteiger charge is 2.06. The fraction of sp³-hybridized carbons (Fsp3) is 0. The number of benzene rings is 2. The van der Waals surface area contributed by atoms with E-state index in [9.17, 15) is 4.39 Å². The lowest BCUT2D eigenvalue weighted by Gasteiger charge is -2.04. The Hall–Kier alpha value is -1.97. The number of rotatable bonds is 2. The Bertz CT molecular complexity index is 830. The molecule has 3 aromatic rings. The van der Waals surface area contributed by atoms with Crippen molar-refractivity contribution in [3.63, 3.8) is 0 Å². The van der Waals surface area contributed by atoms with E-state index < -0.39 is 0 Å². The average molecular weight is 319 g/mol. The summed E-state index contributed by atoms with van der Waals surface area (Å²) in [4.78, 5) is 8.57. The van der Waals surface area contributed by atoms with Gasteiger partial charge < -0.3 is 0 Å². The number of hydrogen-bond acceptors (Lipinski definition) is 2. The SMILES string of the molecule is Fc1ccc(N=Cc2ccnc3cc(Cl)cc(Cl)c23)cc1. The largest absolute Gasteiger partial charge is 0.256 e. The first-order valence-electron chi connectivity index (χ1n) is 6.17. The molecule has 0 saturated heterocycles. The van der Waals surface area contributed by atoms with Gasteiger partial charge >= 0.3 is 0 Å². The molecule has 0 saturated carbocycles. The second kappa shape index (κ2) is 5.80. The van der Waals surface area contributed by atoms with Gasteiger partial charge in [-0.05, 0) is 42.5 Å². The van der Waals surface area contributed by atoms with Gasteiger partial charge in [-0.3, -0.25) is 9.98 Å². The molecule has 0 unspecified atom stereocenters. The predicted molar refractivity (Wildman–Crippen MR) is 85.4 cm³/mol. The van der Waals surface area contributed by atoms with Crippen LogP contribution in [-0.4, -0.2) is 11.2 Å². The van der Waals surface area contributed by atoms with Crippen LogP contribution in [0.1, 0.15) is 5.56 Å². The minimum absolute atomic E-state index is 0.291. The van der Waals surface area contributed by atoms with Gasteiger partial charge in [0.15, 0.2) is 0 Å². The normalized spacial score (nSPS) is 11.4. The van der Waals surface area contributed by atoms with E-state index in [1.165, 1.54) is 12.1 Å². The molecule has 3 rings (SSSR count). The number of pyridine rings is 1. The van der Waals surface area contributed by atoms with Crippen molar-refractivity contribution in [2.24, 2.45) is 4.99 Å². The van der Waals surface area contributed by atoms with Crippen LogP contribution in [0.25, 0.3) is 10.9 Å². The van der Waals surface area contributed by atoms with E-state index in [1.54, 1.807) is 36.7 Å². The van der Waals surface area contributed by atoms with Crippen LogP contribution < -0.4 is 0 Å². The molecule has 0 aliphatic heterocycles. The van der Waals surface area contributed by atoms with Gasteiger partial charge in [0.2, 0.25) is 0 Å². The summed E-state index contributed by atoms with van der Waals surface area (Å²) >= 11 is 12.2. The monoisotopic (exact) mass is 318 g/mol. The third-order valence-corrected chi connectivity index (χ3v) is 3.49. The lowest BCUT2D eigenvalue weighted by Crippen LogP contribution is -1.88. The minimum Gasteiger partial charge on any atom is -0.256 e. The van der Waals surface area contributed by atoms with Crippen LogP contribution in [-0.2, 0) is 0 Å². The van der Waals surface area contributed by atoms with Crippen LogP contribution in [0.2, 0.25) is 10.0 Å². The molecule has 0 amide bonds. The van der Waals surface area contributed by atoms with E-state index in [4.69, 9.17) is 23.2 Å². The molecule has 0 radical (unpaired) electrons. The number of nitrogens with zero attached hydrogens (tertiary/aromatic N) is 2. The molecule has 0 fully saturated rings. The maximum Gasteiger partial charge on any atom is 0.123 e. The van der Waals surface area contributed by atoms with E-state index >= 15 is 0 Å². The van der Waals surface area contributed by atoms with Gasteiger partial charge in [-0.15, -0.1) is 0 Å².